The predicted octanol–water partition coefficient (Wildman–Crippen LogP) is 4.46. The van der Waals surface area contributed by atoms with Crippen molar-refractivity contribution in [3.8, 4) is 0 Å². The Morgan fingerprint density at radius 1 is 1.36 bits per heavy atom. The van der Waals surface area contributed by atoms with Gasteiger partial charge in [0.05, 0.1) is 11.0 Å². The SMILES string of the molecule is CCC[C@@H]1CC(=O)CC(/C=C/c2ccc([N+](=O)[O-])cc2)(C(F)(F)F)O1. The second-order valence-electron chi connectivity index (χ2n) is 6.02. The zero-order chi connectivity index (χ0) is 18.7. The minimum Gasteiger partial charge on any atom is -0.357 e. The van der Waals surface area contributed by atoms with E-state index in [1.165, 1.54) is 30.3 Å². The van der Waals surface area contributed by atoms with Crippen molar-refractivity contribution < 1.29 is 27.6 Å². The number of hydrogen-bond donors (Lipinski definition) is 0. The van der Waals surface area contributed by atoms with E-state index in [1.807, 2.05) is 6.92 Å². The fraction of sp³-hybridized carbons (Fsp3) is 0.471. The van der Waals surface area contributed by atoms with Gasteiger partial charge in [-0.3, -0.25) is 14.9 Å². The number of nitro groups is 1. The maximum Gasteiger partial charge on any atom is 0.421 e. The van der Waals surface area contributed by atoms with Gasteiger partial charge in [-0.1, -0.05) is 19.4 Å². The molecule has 1 aliphatic heterocycles. The van der Waals surface area contributed by atoms with Crippen molar-refractivity contribution in [1.29, 1.82) is 0 Å². The van der Waals surface area contributed by atoms with Crippen LogP contribution in [0.2, 0.25) is 0 Å². The Morgan fingerprint density at radius 3 is 2.52 bits per heavy atom. The number of ether oxygens (including phenoxy) is 1. The summed E-state index contributed by atoms with van der Waals surface area (Å²) in [5.41, 5.74) is -2.47. The van der Waals surface area contributed by atoms with E-state index in [0.29, 0.717) is 18.4 Å². The van der Waals surface area contributed by atoms with Crippen LogP contribution in [-0.2, 0) is 9.53 Å². The number of halogens is 3. The molecule has 1 aliphatic rings. The van der Waals surface area contributed by atoms with E-state index >= 15 is 0 Å². The third-order valence-corrected chi connectivity index (χ3v) is 4.03. The normalized spacial score (nSPS) is 24.6. The molecule has 1 heterocycles. The van der Waals surface area contributed by atoms with Crippen molar-refractivity contribution in [2.45, 2.75) is 50.5 Å². The van der Waals surface area contributed by atoms with Crippen molar-refractivity contribution in [1.82, 2.24) is 0 Å². The molecular formula is C17H18F3NO4. The highest BCUT2D eigenvalue weighted by Gasteiger charge is 2.58. The number of carbonyl (C=O) groups excluding carboxylic acids is 1. The zero-order valence-electron chi connectivity index (χ0n) is 13.6. The Morgan fingerprint density at radius 2 is 2.00 bits per heavy atom. The smallest absolute Gasteiger partial charge is 0.357 e. The molecule has 0 amide bonds. The van der Waals surface area contributed by atoms with E-state index in [0.717, 1.165) is 6.08 Å². The number of nitrogens with zero attached hydrogens (tertiary/aromatic N) is 1. The van der Waals surface area contributed by atoms with Gasteiger partial charge in [-0.05, 0) is 30.2 Å². The second-order valence-corrected chi connectivity index (χ2v) is 6.02. The molecule has 0 aliphatic carbocycles. The van der Waals surface area contributed by atoms with Crippen molar-refractivity contribution in [2.75, 3.05) is 0 Å². The Labute approximate surface area is 142 Å². The van der Waals surface area contributed by atoms with Crippen LogP contribution in [0, 0.1) is 10.1 Å². The van der Waals surface area contributed by atoms with Gasteiger partial charge in [0.2, 0.25) is 0 Å². The third kappa shape index (κ3) is 4.45. The van der Waals surface area contributed by atoms with Crippen molar-refractivity contribution in [3.63, 3.8) is 0 Å². The van der Waals surface area contributed by atoms with Gasteiger partial charge < -0.3 is 4.74 Å². The van der Waals surface area contributed by atoms with Crippen LogP contribution in [0.3, 0.4) is 0 Å². The van der Waals surface area contributed by atoms with Gasteiger partial charge in [-0.25, -0.2) is 0 Å². The molecule has 1 aromatic rings. The molecule has 0 radical (unpaired) electrons. The fourth-order valence-corrected chi connectivity index (χ4v) is 2.78. The molecule has 2 atom stereocenters. The summed E-state index contributed by atoms with van der Waals surface area (Å²) in [4.78, 5) is 21.9. The molecule has 1 saturated heterocycles. The number of alkyl halides is 3. The van der Waals surface area contributed by atoms with Gasteiger partial charge in [0.15, 0.2) is 5.60 Å². The first-order valence-electron chi connectivity index (χ1n) is 7.87. The van der Waals surface area contributed by atoms with Gasteiger partial charge in [0.25, 0.3) is 5.69 Å². The minimum absolute atomic E-state index is 0.0168. The number of carbonyl (C=O) groups is 1. The molecule has 5 nitrogen and oxygen atoms in total. The molecule has 136 valence electrons. The summed E-state index contributed by atoms with van der Waals surface area (Å²) in [6, 6.07) is 5.08. The minimum atomic E-state index is -4.74. The maximum atomic E-state index is 13.6. The summed E-state index contributed by atoms with van der Waals surface area (Å²) in [5.74, 6) is -0.490. The molecule has 0 bridgehead atoms. The summed E-state index contributed by atoms with van der Waals surface area (Å²) >= 11 is 0. The maximum absolute atomic E-state index is 13.6. The molecule has 1 unspecified atom stereocenters. The average Bonchev–Trinajstić information content (AvgIpc) is 2.52. The van der Waals surface area contributed by atoms with Gasteiger partial charge in [-0.2, -0.15) is 13.2 Å². The number of hydrogen-bond acceptors (Lipinski definition) is 4. The van der Waals surface area contributed by atoms with Crippen LogP contribution in [0.25, 0.3) is 6.08 Å². The largest absolute Gasteiger partial charge is 0.421 e. The number of rotatable bonds is 5. The molecule has 0 aromatic heterocycles. The van der Waals surface area contributed by atoms with E-state index in [9.17, 15) is 28.1 Å². The topological polar surface area (TPSA) is 69.4 Å². The monoisotopic (exact) mass is 357 g/mol. The fourth-order valence-electron chi connectivity index (χ4n) is 2.78. The molecule has 0 saturated carbocycles. The number of ketones is 1. The lowest BCUT2D eigenvalue weighted by atomic mass is 9.88. The van der Waals surface area contributed by atoms with Crippen LogP contribution >= 0.6 is 0 Å². The van der Waals surface area contributed by atoms with Gasteiger partial charge in [-0.15, -0.1) is 0 Å². The van der Waals surface area contributed by atoms with E-state index in [-0.39, 0.29) is 12.1 Å². The molecule has 1 aromatic carbocycles. The number of Topliss-reactive ketones (excluding diaryl/α,β-unsaturated/α-hetero) is 1. The zero-order valence-corrected chi connectivity index (χ0v) is 13.6. The quantitative estimate of drug-likeness (QED) is 0.576. The lowest BCUT2D eigenvalue weighted by molar-refractivity contribution is -0.384. The van der Waals surface area contributed by atoms with Crippen LogP contribution in [0.15, 0.2) is 30.3 Å². The van der Waals surface area contributed by atoms with Crippen molar-refractivity contribution in [2.24, 2.45) is 0 Å². The highest BCUT2D eigenvalue weighted by Crippen LogP contribution is 2.43. The van der Waals surface area contributed by atoms with E-state index < -0.39 is 35.0 Å². The standard InChI is InChI=1S/C17H18F3NO4/c1-2-3-15-10-14(22)11-16(25-15,17(18,19)20)9-8-12-4-6-13(7-5-12)21(23)24/h4-9,15H,2-3,10-11H2,1H3/b9-8+/t15-,16?/m1/s1. The first-order valence-corrected chi connectivity index (χ1v) is 7.87. The average molecular weight is 357 g/mol. The first-order chi connectivity index (χ1) is 11.7. The summed E-state index contributed by atoms with van der Waals surface area (Å²) in [7, 11) is 0. The van der Waals surface area contributed by atoms with Crippen LogP contribution in [0.1, 0.15) is 38.2 Å². The number of benzene rings is 1. The summed E-state index contributed by atoms with van der Waals surface area (Å²) in [5, 5.41) is 10.6. The molecule has 1 fully saturated rings. The summed E-state index contributed by atoms with van der Waals surface area (Å²) in [6.45, 7) is 1.81. The van der Waals surface area contributed by atoms with Crippen LogP contribution in [0.4, 0.5) is 18.9 Å². The van der Waals surface area contributed by atoms with Crippen LogP contribution in [0.5, 0.6) is 0 Å². The van der Waals surface area contributed by atoms with Crippen LogP contribution < -0.4 is 0 Å². The molecule has 2 rings (SSSR count). The Bertz CT molecular complexity index is 669. The molecule has 25 heavy (non-hydrogen) atoms. The third-order valence-electron chi connectivity index (χ3n) is 4.03. The molecule has 0 N–H and O–H groups in total. The molecular weight excluding hydrogens is 339 g/mol. The van der Waals surface area contributed by atoms with Crippen molar-refractivity contribution >= 4 is 17.5 Å². The molecule has 0 spiro atoms. The van der Waals surface area contributed by atoms with Crippen molar-refractivity contribution in [3.05, 3.63) is 46.0 Å². The second kappa shape index (κ2) is 7.35. The lowest BCUT2D eigenvalue weighted by Crippen LogP contribution is -2.53. The van der Waals surface area contributed by atoms with Gasteiger partial charge in [0, 0.05) is 25.0 Å². The van der Waals surface area contributed by atoms with E-state index in [4.69, 9.17) is 4.74 Å². The Balaban J connectivity index is 2.31. The first kappa shape index (κ1) is 19.1. The molecule has 8 heteroatoms. The predicted molar refractivity (Wildman–Crippen MR) is 84.9 cm³/mol. The Kier molecular flexibility index (Phi) is 5.62. The van der Waals surface area contributed by atoms with E-state index in [1.54, 1.807) is 0 Å². The summed E-state index contributed by atoms with van der Waals surface area (Å²) in [6.07, 6.45) is -3.29. The number of nitro benzene ring substituents is 1. The lowest BCUT2D eigenvalue weighted by Gasteiger charge is -2.39. The number of non-ortho nitro benzene ring substituents is 1. The van der Waals surface area contributed by atoms with Crippen LogP contribution in [-0.4, -0.2) is 28.6 Å². The highest BCUT2D eigenvalue weighted by molar-refractivity contribution is 5.81. The highest BCUT2D eigenvalue weighted by atomic mass is 19.4. The Hall–Kier alpha value is -2.22. The van der Waals surface area contributed by atoms with Gasteiger partial charge in [0.1, 0.15) is 5.78 Å². The van der Waals surface area contributed by atoms with E-state index in [2.05, 4.69) is 0 Å². The summed E-state index contributed by atoms with van der Waals surface area (Å²) < 4.78 is 46.2. The van der Waals surface area contributed by atoms with Gasteiger partial charge >= 0.3 is 6.18 Å².